The summed E-state index contributed by atoms with van der Waals surface area (Å²) >= 11 is 0. The summed E-state index contributed by atoms with van der Waals surface area (Å²) < 4.78 is 17.7. The van der Waals surface area contributed by atoms with Gasteiger partial charge < -0.3 is 24.4 Å². The van der Waals surface area contributed by atoms with E-state index in [2.05, 4.69) is 25.3 Å². The van der Waals surface area contributed by atoms with Gasteiger partial charge in [0.2, 0.25) is 5.88 Å². The van der Waals surface area contributed by atoms with Crippen LogP contribution in [0.15, 0.2) is 43.0 Å². The highest BCUT2D eigenvalue weighted by Crippen LogP contribution is 2.28. The van der Waals surface area contributed by atoms with Crippen molar-refractivity contribution in [1.29, 1.82) is 0 Å². The van der Waals surface area contributed by atoms with E-state index in [1.807, 2.05) is 34.6 Å². The highest BCUT2D eigenvalue weighted by molar-refractivity contribution is 6.04. The number of carbonyl (C=O) groups excluding carboxylic acids is 2. The Morgan fingerprint density at radius 1 is 1.00 bits per heavy atom. The lowest BCUT2D eigenvalue weighted by atomic mass is 10.2. The number of ether oxygens (including phenoxy) is 3. The average Bonchev–Trinajstić information content (AvgIpc) is 2.83. The van der Waals surface area contributed by atoms with Gasteiger partial charge in [-0.25, -0.2) is 15.0 Å². The van der Waals surface area contributed by atoms with Crippen molar-refractivity contribution in [2.45, 2.75) is 52.7 Å². The second kappa shape index (κ2) is 11.5. The molecule has 0 bridgehead atoms. The van der Waals surface area contributed by atoms with Crippen molar-refractivity contribution in [3.05, 3.63) is 59.9 Å². The van der Waals surface area contributed by atoms with Crippen LogP contribution in [0.1, 0.15) is 60.7 Å². The molecule has 3 aromatic rings. The highest BCUT2D eigenvalue weighted by atomic mass is 16.5. The minimum atomic E-state index is -0.418. The molecule has 1 saturated heterocycles. The Morgan fingerprint density at radius 2 is 1.76 bits per heavy atom. The average molecular weight is 521 g/mol. The minimum Gasteiger partial charge on any atom is -0.488 e. The fourth-order valence-corrected chi connectivity index (χ4v) is 3.39. The molecule has 1 fully saturated rings. The van der Waals surface area contributed by atoms with Crippen LogP contribution < -0.4 is 14.8 Å². The van der Waals surface area contributed by atoms with Gasteiger partial charge in [0, 0.05) is 24.7 Å². The third-order valence-corrected chi connectivity index (χ3v) is 5.47. The normalized spacial score (nSPS) is 13.9. The molecule has 11 nitrogen and oxygen atoms in total. The van der Waals surface area contributed by atoms with Crippen LogP contribution in [0.2, 0.25) is 0 Å². The summed E-state index contributed by atoms with van der Waals surface area (Å²) in [5.74, 6) is 0.624. The molecule has 0 aliphatic carbocycles. The lowest BCUT2D eigenvalue weighted by molar-refractivity contribution is -0.0374. The van der Waals surface area contributed by atoms with Gasteiger partial charge in [-0.2, -0.15) is 0 Å². The third kappa shape index (κ3) is 7.45. The van der Waals surface area contributed by atoms with E-state index in [0.717, 1.165) is 25.2 Å². The molecular formula is C27H32N6O5. The first-order valence-corrected chi connectivity index (χ1v) is 12.4. The first-order chi connectivity index (χ1) is 18.1. The van der Waals surface area contributed by atoms with Crippen molar-refractivity contribution >= 4 is 17.6 Å². The van der Waals surface area contributed by atoms with Crippen LogP contribution in [0, 0.1) is 6.92 Å². The molecule has 0 spiro atoms. The zero-order valence-corrected chi connectivity index (χ0v) is 22.2. The second-order valence-electron chi connectivity index (χ2n) is 10.0. The minimum absolute atomic E-state index is 0.157. The Morgan fingerprint density at radius 3 is 2.37 bits per heavy atom. The van der Waals surface area contributed by atoms with Gasteiger partial charge in [-0.15, -0.1) is 0 Å². The monoisotopic (exact) mass is 520 g/mol. The number of rotatable bonds is 9. The molecule has 4 rings (SSSR count). The molecule has 200 valence electrons. The summed E-state index contributed by atoms with van der Waals surface area (Å²) in [5.41, 5.74) is 0.951. The number of amides is 2. The fourth-order valence-electron chi connectivity index (χ4n) is 3.39. The fraction of sp³-hybridized carbons (Fsp3) is 0.407. The molecule has 2 amide bonds. The third-order valence-electron chi connectivity index (χ3n) is 5.47. The molecule has 0 saturated carbocycles. The highest BCUT2D eigenvalue weighted by Gasteiger charge is 2.23. The smallest absolute Gasteiger partial charge is 0.274 e. The van der Waals surface area contributed by atoms with Crippen LogP contribution >= 0.6 is 0 Å². The largest absolute Gasteiger partial charge is 0.488 e. The van der Waals surface area contributed by atoms with Gasteiger partial charge in [0.25, 0.3) is 11.8 Å². The maximum atomic E-state index is 13.0. The molecule has 0 unspecified atom stereocenters. The molecule has 1 atom stereocenters. The summed E-state index contributed by atoms with van der Waals surface area (Å²) in [6, 6.07) is 4.82. The molecule has 1 aliphatic heterocycles. The Kier molecular flexibility index (Phi) is 8.16. The number of benzene rings is 1. The molecule has 11 heteroatoms. The second-order valence-corrected chi connectivity index (χ2v) is 10.0. The van der Waals surface area contributed by atoms with Crippen LogP contribution in [0.4, 0.5) is 5.82 Å². The van der Waals surface area contributed by atoms with Crippen molar-refractivity contribution in [2.75, 3.05) is 25.0 Å². The predicted molar refractivity (Wildman–Crippen MR) is 140 cm³/mol. The van der Waals surface area contributed by atoms with E-state index in [-0.39, 0.29) is 34.7 Å². The van der Waals surface area contributed by atoms with Gasteiger partial charge >= 0.3 is 0 Å². The first-order valence-electron chi connectivity index (χ1n) is 12.4. The molecule has 38 heavy (non-hydrogen) atoms. The summed E-state index contributed by atoms with van der Waals surface area (Å²) in [5, 5.41) is 2.73. The number of nitrogens with zero attached hydrogens (tertiary/aromatic N) is 5. The Labute approximate surface area is 221 Å². The number of likely N-dealkylation sites (tertiary alicyclic amines) is 1. The van der Waals surface area contributed by atoms with Crippen molar-refractivity contribution in [3.63, 3.8) is 0 Å². The standard InChI is InChI=1S/C27H32N6O5/c1-17-12-30-23(14-28-17)32-25(34)19-9-20(37-18(2)16-36-27(3,4)5)11-21(10-19)38-24-15-29-22(13-31-24)26(35)33-7-6-8-33/h9-15,18H,6-8,16H2,1-5H3,(H,30,32,34)/t18-/m0/s1. The van der Waals surface area contributed by atoms with E-state index in [9.17, 15) is 9.59 Å². The van der Waals surface area contributed by atoms with Crippen LogP contribution in [0.3, 0.4) is 0 Å². The molecule has 0 radical (unpaired) electrons. The van der Waals surface area contributed by atoms with E-state index < -0.39 is 5.91 Å². The number of anilines is 1. The van der Waals surface area contributed by atoms with E-state index >= 15 is 0 Å². The van der Waals surface area contributed by atoms with Gasteiger partial charge in [-0.1, -0.05) is 0 Å². The molecular weight excluding hydrogens is 488 g/mol. The SMILES string of the molecule is Cc1cnc(NC(=O)c2cc(Oc3cnc(C(=O)N4CCC4)cn3)cc(O[C@@H](C)COC(C)(C)C)c2)cn1. The Bertz CT molecular complexity index is 1270. The van der Waals surface area contributed by atoms with E-state index in [1.54, 1.807) is 29.3 Å². The summed E-state index contributed by atoms with van der Waals surface area (Å²) in [6.45, 7) is 11.4. The van der Waals surface area contributed by atoms with Crippen molar-refractivity contribution < 1.29 is 23.8 Å². The van der Waals surface area contributed by atoms with Gasteiger partial charge in [0.05, 0.1) is 42.7 Å². The van der Waals surface area contributed by atoms with Crippen LogP contribution in [0.5, 0.6) is 17.4 Å². The number of carbonyl (C=O) groups is 2. The number of hydrogen-bond acceptors (Lipinski definition) is 9. The van der Waals surface area contributed by atoms with Gasteiger partial charge in [0.15, 0.2) is 5.82 Å². The summed E-state index contributed by atoms with van der Waals surface area (Å²) in [4.78, 5) is 43.8. The predicted octanol–water partition coefficient (Wildman–Crippen LogP) is 4.05. The van der Waals surface area contributed by atoms with Crippen molar-refractivity contribution in [2.24, 2.45) is 0 Å². The zero-order chi connectivity index (χ0) is 27.3. The first kappa shape index (κ1) is 26.9. The lowest BCUT2D eigenvalue weighted by Gasteiger charge is -2.30. The number of aryl methyl sites for hydroxylation is 1. The quantitative estimate of drug-likeness (QED) is 0.444. The van der Waals surface area contributed by atoms with Gasteiger partial charge in [-0.05, 0) is 53.2 Å². The molecule has 2 aromatic heterocycles. The maximum Gasteiger partial charge on any atom is 0.274 e. The van der Waals surface area contributed by atoms with Crippen LogP contribution in [-0.4, -0.2) is 68.1 Å². The topological polar surface area (TPSA) is 129 Å². The molecule has 3 heterocycles. The Balaban J connectivity index is 1.53. The number of hydrogen-bond donors (Lipinski definition) is 1. The Hall–Kier alpha value is -4.12. The lowest BCUT2D eigenvalue weighted by Crippen LogP contribution is -2.42. The van der Waals surface area contributed by atoms with Crippen LogP contribution in [0.25, 0.3) is 0 Å². The number of nitrogens with one attached hydrogen (secondary N) is 1. The number of aromatic nitrogens is 4. The molecule has 1 aromatic carbocycles. The van der Waals surface area contributed by atoms with Crippen LogP contribution in [-0.2, 0) is 4.74 Å². The van der Waals surface area contributed by atoms with E-state index in [1.165, 1.54) is 18.6 Å². The van der Waals surface area contributed by atoms with Crippen molar-refractivity contribution in [1.82, 2.24) is 24.8 Å². The van der Waals surface area contributed by atoms with Gasteiger partial charge in [-0.3, -0.25) is 14.6 Å². The van der Waals surface area contributed by atoms with E-state index in [0.29, 0.717) is 23.9 Å². The molecule has 1 aliphatic rings. The van der Waals surface area contributed by atoms with Crippen molar-refractivity contribution in [3.8, 4) is 17.4 Å². The summed E-state index contributed by atoms with van der Waals surface area (Å²) in [6.07, 6.45) is 6.50. The summed E-state index contributed by atoms with van der Waals surface area (Å²) in [7, 11) is 0. The van der Waals surface area contributed by atoms with E-state index in [4.69, 9.17) is 14.2 Å². The molecule has 1 N–H and O–H groups in total. The maximum absolute atomic E-state index is 13.0. The van der Waals surface area contributed by atoms with Gasteiger partial charge in [0.1, 0.15) is 23.3 Å². The zero-order valence-electron chi connectivity index (χ0n) is 22.2.